The lowest BCUT2D eigenvalue weighted by Gasteiger charge is -2.33. The molecule has 0 aromatic rings. The molecule has 0 bridgehead atoms. The summed E-state index contributed by atoms with van der Waals surface area (Å²) in [5.74, 6) is 0.610. The van der Waals surface area contributed by atoms with Crippen LogP contribution < -0.4 is 5.32 Å². The summed E-state index contributed by atoms with van der Waals surface area (Å²) in [6, 6.07) is 0. The Morgan fingerprint density at radius 2 is 2.00 bits per heavy atom. The molecule has 4 nitrogen and oxygen atoms in total. The molecule has 0 saturated heterocycles. The predicted molar refractivity (Wildman–Crippen MR) is 71.0 cm³/mol. The Hall–Kier alpha value is -0.610. The number of nitrogens with one attached hydrogen (secondary N) is 1. The highest BCUT2D eigenvalue weighted by atomic mass is 16.5. The van der Waals surface area contributed by atoms with Gasteiger partial charge in [0.25, 0.3) is 0 Å². The third-order valence-corrected chi connectivity index (χ3v) is 2.59. The molecule has 0 unspecified atom stereocenters. The fourth-order valence-electron chi connectivity index (χ4n) is 1.83. The molecule has 0 spiro atoms. The number of likely N-dealkylation sites (N-methyl/N-ethyl adjacent to an activating group) is 1. The maximum atomic E-state index is 12.4. The molecule has 0 aliphatic heterocycles. The fraction of sp³-hybridized carbons (Fsp3) is 0.923. The molecule has 0 radical (unpaired) electrons. The normalized spacial score (nSPS) is 11.9. The van der Waals surface area contributed by atoms with E-state index in [4.69, 9.17) is 4.74 Å². The third kappa shape index (κ3) is 6.03. The number of carbonyl (C=O) groups excluding carboxylic acids is 1. The predicted octanol–water partition coefficient (Wildman–Crippen LogP) is 1.51. The average Bonchev–Trinajstić information content (AvgIpc) is 2.22. The van der Waals surface area contributed by atoms with E-state index in [9.17, 15) is 4.79 Å². The first-order valence-corrected chi connectivity index (χ1v) is 6.38. The van der Waals surface area contributed by atoms with Gasteiger partial charge in [-0.3, -0.25) is 4.79 Å². The summed E-state index contributed by atoms with van der Waals surface area (Å²) < 4.78 is 5.06. The highest BCUT2D eigenvalue weighted by Crippen LogP contribution is 2.10. The van der Waals surface area contributed by atoms with Crippen LogP contribution in [0.25, 0.3) is 0 Å². The number of ether oxygens (including phenoxy) is 1. The third-order valence-electron chi connectivity index (χ3n) is 2.59. The van der Waals surface area contributed by atoms with Crippen LogP contribution in [0.15, 0.2) is 0 Å². The first kappa shape index (κ1) is 16.4. The quantitative estimate of drug-likeness (QED) is 0.703. The Morgan fingerprint density at radius 1 is 1.41 bits per heavy atom. The van der Waals surface area contributed by atoms with Crippen molar-refractivity contribution >= 4 is 5.91 Å². The molecule has 0 atom stereocenters. The zero-order chi connectivity index (χ0) is 13.5. The first-order valence-electron chi connectivity index (χ1n) is 6.38. The van der Waals surface area contributed by atoms with Crippen molar-refractivity contribution in [2.75, 3.05) is 33.4 Å². The molecule has 4 heteroatoms. The minimum atomic E-state index is -0.503. The Kier molecular flexibility index (Phi) is 7.39. The van der Waals surface area contributed by atoms with Crippen molar-refractivity contribution in [2.45, 2.75) is 40.2 Å². The van der Waals surface area contributed by atoms with Crippen molar-refractivity contribution in [3.05, 3.63) is 0 Å². The lowest BCUT2D eigenvalue weighted by molar-refractivity contribution is -0.138. The lowest BCUT2D eigenvalue weighted by atomic mass is 10.0. The van der Waals surface area contributed by atoms with E-state index < -0.39 is 5.54 Å². The van der Waals surface area contributed by atoms with Crippen LogP contribution in [-0.4, -0.2) is 49.7 Å². The van der Waals surface area contributed by atoms with Gasteiger partial charge in [0, 0.05) is 20.2 Å². The van der Waals surface area contributed by atoms with Crippen molar-refractivity contribution in [1.82, 2.24) is 10.2 Å². The summed E-state index contributed by atoms with van der Waals surface area (Å²) in [4.78, 5) is 14.3. The van der Waals surface area contributed by atoms with E-state index in [1.165, 1.54) is 0 Å². The Bertz CT molecular complexity index is 227. The van der Waals surface area contributed by atoms with Gasteiger partial charge in [-0.05, 0) is 26.3 Å². The summed E-state index contributed by atoms with van der Waals surface area (Å²) in [6.45, 7) is 12.9. The molecule has 0 aliphatic rings. The number of hydrogen-bond donors (Lipinski definition) is 1. The van der Waals surface area contributed by atoms with Gasteiger partial charge in [0.05, 0.1) is 12.1 Å². The summed E-state index contributed by atoms with van der Waals surface area (Å²) in [6.07, 6.45) is 0. The molecule has 0 aromatic heterocycles. The van der Waals surface area contributed by atoms with E-state index in [0.29, 0.717) is 19.1 Å². The molecule has 1 N–H and O–H groups in total. The number of rotatable bonds is 8. The van der Waals surface area contributed by atoms with Crippen molar-refractivity contribution in [3.8, 4) is 0 Å². The molecule has 1 amide bonds. The molecule has 0 aromatic carbocycles. The van der Waals surface area contributed by atoms with Crippen molar-refractivity contribution in [1.29, 1.82) is 0 Å². The van der Waals surface area contributed by atoms with Crippen LogP contribution in [-0.2, 0) is 9.53 Å². The van der Waals surface area contributed by atoms with E-state index in [0.717, 1.165) is 13.1 Å². The molecule has 102 valence electrons. The molecule has 0 aliphatic carbocycles. The van der Waals surface area contributed by atoms with Crippen LogP contribution in [0.1, 0.15) is 34.6 Å². The fourth-order valence-corrected chi connectivity index (χ4v) is 1.83. The van der Waals surface area contributed by atoms with Gasteiger partial charge >= 0.3 is 0 Å². The highest BCUT2D eigenvalue weighted by Gasteiger charge is 2.30. The number of hydrogen-bond acceptors (Lipinski definition) is 3. The Morgan fingerprint density at radius 3 is 2.41 bits per heavy atom. The standard InChI is InChI=1S/C13H28N2O2/c1-7-14-13(4,5)12(16)15(8-9-17-6)10-11(2)3/h11,14H,7-10H2,1-6H3. The van der Waals surface area contributed by atoms with E-state index in [1.54, 1.807) is 7.11 Å². The van der Waals surface area contributed by atoms with Crippen molar-refractivity contribution < 1.29 is 9.53 Å². The van der Waals surface area contributed by atoms with Gasteiger partial charge in [-0.15, -0.1) is 0 Å². The van der Waals surface area contributed by atoms with E-state index in [-0.39, 0.29) is 5.91 Å². The second kappa shape index (κ2) is 7.67. The number of nitrogens with zero attached hydrogens (tertiary/aromatic N) is 1. The number of amides is 1. The SMILES string of the molecule is CCNC(C)(C)C(=O)N(CCOC)CC(C)C. The van der Waals surface area contributed by atoms with Gasteiger partial charge in [-0.25, -0.2) is 0 Å². The molecule has 0 saturated carbocycles. The lowest BCUT2D eigenvalue weighted by Crippen LogP contribution is -2.55. The zero-order valence-corrected chi connectivity index (χ0v) is 12.2. The average molecular weight is 244 g/mol. The van der Waals surface area contributed by atoms with Gasteiger partial charge in [0.2, 0.25) is 5.91 Å². The van der Waals surface area contributed by atoms with Crippen LogP contribution in [0, 0.1) is 5.92 Å². The molecule has 0 heterocycles. The highest BCUT2D eigenvalue weighted by molar-refractivity contribution is 5.85. The molecule has 0 rings (SSSR count). The minimum Gasteiger partial charge on any atom is -0.383 e. The van der Waals surface area contributed by atoms with Gasteiger partial charge in [-0.2, -0.15) is 0 Å². The second-order valence-corrected chi connectivity index (χ2v) is 5.29. The zero-order valence-electron chi connectivity index (χ0n) is 12.2. The monoisotopic (exact) mass is 244 g/mol. The first-order chi connectivity index (χ1) is 7.85. The van der Waals surface area contributed by atoms with Gasteiger partial charge in [0.1, 0.15) is 0 Å². The second-order valence-electron chi connectivity index (χ2n) is 5.29. The maximum Gasteiger partial charge on any atom is 0.242 e. The molecule has 0 fully saturated rings. The largest absolute Gasteiger partial charge is 0.383 e. The van der Waals surface area contributed by atoms with Gasteiger partial charge in [0.15, 0.2) is 0 Å². The van der Waals surface area contributed by atoms with Crippen LogP contribution in [0.2, 0.25) is 0 Å². The van der Waals surface area contributed by atoms with E-state index >= 15 is 0 Å². The van der Waals surface area contributed by atoms with E-state index in [1.807, 2.05) is 25.7 Å². The molecule has 17 heavy (non-hydrogen) atoms. The van der Waals surface area contributed by atoms with Gasteiger partial charge in [-0.1, -0.05) is 20.8 Å². The van der Waals surface area contributed by atoms with Crippen LogP contribution >= 0.6 is 0 Å². The van der Waals surface area contributed by atoms with Crippen LogP contribution in [0.5, 0.6) is 0 Å². The van der Waals surface area contributed by atoms with Crippen molar-refractivity contribution in [3.63, 3.8) is 0 Å². The molecular formula is C13H28N2O2. The van der Waals surface area contributed by atoms with E-state index in [2.05, 4.69) is 19.2 Å². The maximum absolute atomic E-state index is 12.4. The van der Waals surface area contributed by atoms with Gasteiger partial charge < -0.3 is 15.0 Å². The summed E-state index contributed by atoms with van der Waals surface area (Å²) >= 11 is 0. The van der Waals surface area contributed by atoms with Crippen LogP contribution in [0.4, 0.5) is 0 Å². The summed E-state index contributed by atoms with van der Waals surface area (Å²) in [5, 5.41) is 3.22. The number of carbonyl (C=O) groups is 1. The van der Waals surface area contributed by atoms with Crippen molar-refractivity contribution in [2.24, 2.45) is 5.92 Å². The minimum absolute atomic E-state index is 0.144. The molecular weight excluding hydrogens is 216 g/mol. The smallest absolute Gasteiger partial charge is 0.242 e. The summed E-state index contributed by atoms with van der Waals surface area (Å²) in [7, 11) is 1.66. The van der Waals surface area contributed by atoms with Crippen LogP contribution in [0.3, 0.4) is 0 Å². The Balaban J connectivity index is 4.60. The number of methoxy groups -OCH3 is 1. The Labute approximate surface area is 106 Å². The topological polar surface area (TPSA) is 41.6 Å². The summed E-state index contributed by atoms with van der Waals surface area (Å²) in [5.41, 5.74) is -0.503.